The van der Waals surface area contributed by atoms with Gasteiger partial charge in [-0.2, -0.15) is 31.6 Å². The van der Waals surface area contributed by atoms with E-state index in [0.29, 0.717) is 31.7 Å². The van der Waals surface area contributed by atoms with E-state index < -0.39 is 130 Å². The first-order valence-corrected chi connectivity index (χ1v) is 24.6. The fraction of sp³-hybridized carbons (Fsp3) is 0.435. The van der Waals surface area contributed by atoms with Gasteiger partial charge in [0.25, 0.3) is 0 Å². The molecule has 4 fully saturated rings. The van der Waals surface area contributed by atoms with Crippen molar-refractivity contribution in [3.8, 4) is 34.7 Å². The highest BCUT2D eigenvalue weighted by atomic mass is 32.2. The standard InChI is InChI=1S/C46H42F6N6O8S2/c1-65-37-22-29(67(61,62)39-10-8-27(18-33(39)45(47,48)49)35-6-2-4-16-55-35)20-31(37)41(59)58-44(14-15-44)25-54-26-66-38-23-30(21-32(38)42(60)57-43(24-53)12-13-43)68(63,64)40-11-9-28(19-34(40)46(50,51)52)36-7-3-5-17-56-36/h2-11,16-19,29-32,37-38H,12-15,20-23,26H2,1H3,(H-,57,58,59,60)/p+1/t29?,30-,31+,32-,37+,38-/m0/s1. The number of methoxy groups -OCH3 is 1. The summed E-state index contributed by atoms with van der Waals surface area (Å²) >= 11 is 0. The van der Waals surface area contributed by atoms with Crippen LogP contribution < -0.4 is 10.6 Å². The monoisotopic (exact) mass is 985 g/mol. The number of halogens is 6. The van der Waals surface area contributed by atoms with E-state index in [9.17, 15) is 58.0 Å². The molecule has 0 bridgehead atoms. The minimum atomic E-state index is -5.08. The minimum Gasteiger partial charge on any atom is -0.381 e. The molecule has 6 atom stereocenters. The van der Waals surface area contributed by atoms with Crippen LogP contribution >= 0.6 is 0 Å². The van der Waals surface area contributed by atoms with Crippen LogP contribution in [0.1, 0.15) is 62.5 Å². The van der Waals surface area contributed by atoms with Gasteiger partial charge in [0.2, 0.25) is 11.8 Å². The first-order chi connectivity index (χ1) is 32.1. The van der Waals surface area contributed by atoms with Crippen LogP contribution in [-0.4, -0.2) is 86.2 Å². The van der Waals surface area contributed by atoms with E-state index in [4.69, 9.17) is 9.47 Å². The van der Waals surface area contributed by atoms with Gasteiger partial charge in [0.15, 0.2) is 25.2 Å². The highest BCUT2D eigenvalue weighted by Crippen LogP contribution is 2.45. The number of benzene rings is 2. The van der Waals surface area contributed by atoms with Crippen molar-refractivity contribution in [3.63, 3.8) is 0 Å². The minimum absolute atomic E-state index is 0.0351. The maximum atomic E-state index is 14.5. The molecule has 22 heteroatoms. The van der Waals surface area contributed by atoms with Crippen LogP contribution in [0.5, 0.6) is 0 Å². The van der Waals surface area contributed by atoms with Gasteiger partial charge in [0.05, 0.1) is 72.9 Å². The summed E-state index contributed by atoms with van der Waals surface area (Å²) in [4.78, 5) is 37.7. The molecular weight excluding hydrogens is 943 g/mol. The van der Waals surface area contributed by atoms with Gasteiger partial charge < -0.3 is 20.1 Å². The molecule has 14 nitrogen and oxygen atoms in total. The van der Waals surface area contributed by atoms with Crippen molar-refractivity contribution in [3.05, 3.63) is 101 Å². The first kappa shape index (κ1) is 48.5. The molecule has 0 saturated heterocycles. The van der Waals surface area contributed by atoms with Gasteiger partial charge in [0, 0.05) is 30.6 Å². The second kappa shape index (κ2) is 18.2. The number of alkyl halides is 6. The quantitative estimate of drug-likeness (QED) is 0.129. The van der Waals surface area contributed by atoms with E-state index in [1.54, 1.807) is 24.3 Å². The van der Waals surface area contributed by atoms with E-state index in [1.807, 2.05) is 6.07 Å². The number of rotatable bonds is 13. The van der Waals surface area contributed by atoms with Crippen LogP contribution in [0.3, 0.4) is 0 Å². The highest BCUT2D eigenvalue weighted by Gasteiger charge is 2.54. The van der Waals surface area contributed by atoms with Crippen molar-refractivity contribution in [2.45, 2.75) is 107 Å². The Hall–Kier alpha value is -5.94. The number of pyridine rings is 2. The number of nitriles is 1. The SMILES string of the molecule is CO[C@@H]1CC(S(=O)(=O)c2ccc(-c3ccccn3)cc2C(F)(F)F)C[C@H]1C(=O)NC1(C#[N+]CO[C@H]2C[C@@H](S(=O)(=O)c3ccc(-c4ccccn4)cc3C(F)(F)F)C[C@@H]2C(=O)NC2(C#N)CC2)CC1. The second-order valence-corrected chi connectivity index (χ2v) is 21.9. The van der Waals surface area contributed by atoms with Gasteiger partial charge in [-0.1, -0.05) is 24.3 Å². The van der Waals surface area contributed by atoms with E-state index in [-0.39, 0.29) is 35.4 Å². The Bertz CT molecular complexity index is 2930. The molecule has 4 aliphatic rings. The molecule has 68 heavy (non-hydrogen) atoms. The topological polar surface area (TPSA) is 199 Å². The van der Waals surface area contributed by atoms with Gasteiger partial charge >= 0.3 is 25.2 Å². The molecule has 1 unspecified atom stereocenters. The van der Waals surface area contributed by atoms with E-state index in [0.717, 1.165) is 18.2 Å². The summed E-state index contributed by atoms with van der Waals surface area (Å²) in [6, 6.07) is 19.7. The summed E-state index contributed by atoms with van der Waals surface area (Å²) in [5.74, 6) is -3.68. The smallest absolute Gasteiger partial charge is 0.381 e. The Labute approximate surface area is 387 Å². The Morgan fingerprint density at radius 3 is 1.57 bits per heavy atom. The highest BCUT2D eigenvalue weighted by molar-refractivity contribution is 7.92. The number of carbonyl (C=O) groups is 2. The van der Waals surface area contributed by atoms with Gasteiger partial charge in [-0.15, -0.1) is 0 Å². The molecule has 358 valence electrons. The van der Waals surface area contributed by atoms with E-state index in [1.165, 1.54) is 43.8 Å². The number of ether oxygens (including phenoxy) is 2. The molecule has 2 amide bonds. The zero-order chi connectivity index (χ0) is 48.9. The van der Waals surface area contributed by atoms with Crippen LogP contribution in [0.2, 0.25) is 0 Å². The molecular formula is C46H43F6N6O8S2+. The average molecular weight is 986 g/mol. The van der Waals surface area contributed by atoms with Crippen LogP contribution in [-0.2, 0) is 51.1 Å². The summed E-state index contributed by atoms with van der Waals surface area (Å²) in [6.45, 7) is -0.528. The summed E-state index contributed by atoms with van der Waals surface area (Å²) in [5, 5.41) is 12.1. The van der Waals surface area contributed by atoms with Crippen LogP contribution in [0, 0.1) is 29.2 Å². The third kappa shape index (κ3) is 9.96. The van der Waals surface area contributed by atoms with Crippen molar-refractivity contribution >= 4 is 31.5 Å². The Balaban J connectivity index is 0.960. The third-order valence-corrected chi connectivity index (χ3v) is 17.4. The molecule has 4 saturated carbocycles. The number of hydrogen-bond donors (Lipinski definition) is 2. The molecule has 0 radical (unpaired) electrons. The van der Waals surface area contributed by atoms with Crippen LogP contribution in [0.15, 0.2) is 95.0 Å². The lowest BCUT2D eigenvalue weighted by Crippen LogP contribution is -2.42. The van der Waals surface area contributed by atoms with E-state index in [2.05, 4.69) is 31.5 Å². The number of nitrogens with zero attached hydrogens (tertiary/aromatic N) is 4. The van der Waals surface area contributed by atoms with Crippen molar-refractivity contribution in [2.24, 2.45) is 11.8 Å². The lowest BCUT2D eigenvalue weighted by Gasteiger charge is -2.19. The maximum absolute atomic E-state index is 14.5. The molecule has 4 aromatic rings. The Morgan fingerprint density at radius 2 is 1.16 bits per heavy atom. The molecule has 0 aliphatic heterocycles. The Morgan fingerprint density at radius 1 is 0.706 bits per heavy atom. The fourth-order valence-electron chi connectivity index (χ4n) is 8.91. The number of aromatic nitrogens is 2. The summed E-state index contributed by atoms with van der Waals surface area (Å²) in [7, 11) is -8.18. The average Bonchev–Trinajstić information content (AvgIpc) is 4.16. The lowest BCUT2D eigenvalue weighted by molar-refractivity contribution is -0.140. The predicted molar refractivity (Wildman–Crippen MR) is 230 cm³/mol. The zero-order valence-electron chi connectivity index (χ0n) is 36.1. The van der Waals surface area contributed by atoms with Crippen molar-refractivity contribution in [1.29, 1.82) is 5.26 Å². The van der Waals surface area contributed by atoms with Gasteiger partial charge in [-0.3, -0.25) is 19.6 Å². The lowest BCUT2D eigenvalue weighted by atomic mass is 10.0. The summed E-state index contributed by atoms with van der Waals surface area (Å²) in [5.41, 5.74) is -4.60. The maximum Gasteiger partial charge on any atom is 0.417 e. The van der Waals surface area contributed by atoms with Gasteiger partial charge in [0.1, 0.15) is 5.54 Å². The fourth-order valence-corrected chi connectivity index (χ4v) is 12.9. The number of sulfone groups is 2. The molecule has 2 aromatic heterocycles. The summed E-state index contributed by atoms with van der Waals surface area (Å²) < 4.78 is 154. The van der Waals surface area contributed by atoms with Crippen molar-refractivity contribution in [2.75, 3.05) is 13.8 Å². The van der Waals surface area contributed by atoms with Crippen LogP contribution in [0.4, 0.5) is 26.3 Å². The van der Waals surface area contributed by atoms with Crippen LogP contribution in [0.25, 0.3) is 27.4 Å². The zero-order valence-corrected chi connectivity index (χ0v) is 37.7. The number of hydrogen-bond acceptors (Lipinski definition) is 11. The largest absolute Gasteiger partial charge is 0.417 e. The molecule has 8 rings (SSSR count). The Kier molecular flexibility index (Phi) is 13.0. The van der Waals surface area contributed by atoms with Gasteiger partial charge in [-0.05, 0) is 105 Å². The molecule has 4 aliphatic carbocycles. The molecule has 2 N–H and O–H groups in total. The molecule has 2 heterocycles. The van der Waals surface area contributed by atoms with E-state index >= 15 is 0 Å². The molecule has 0 spiro atoms. The number of nitrogens with one attached hydrogen (secondary N) is 2. The summed E-state index contributed by atoms with van der Waals surface area (Å²) in [6.07, 6.45) is -9.63. The number of amides is 2. The van der Waals surface area contributed by atoms with Crippen molar-refractivity contribution < 1.29 is 62.2 Å². The first-order valence-electron chi connectivity index (χ1n) is 21.5. The third-order valence-electron chi connectivity index (χ3n) is 13.0. The normalized spacial score (nSPS) is 24.0. The second-order valence-electron chi connectivity index (χ2n) is 17.5. The number of carbonyl (C=O) groups excluding carboxylic acids is 2. The molecule has 2 aromatic carbocycles. The predicted octanol–water partition coefficient (Wildman–Crippen LogP) is 7.16. The van der Waals surface area contributed by atoms with Gasteiger partial charge in [-0.25, -0.2) is 16.8 Å². The van der Waals surface area contributed by atoms with Crippen molar-refractivity contribution in [1.82, 2.24) is 20.6 Å².